The zero-order chi connectivity index (χ0) is 13.0. The van der Waals surface area contributed by atoms with Crippen molar-refractivity contribution in [2.75, 3.05) is 7.05 Å². The zero-order valence-electron chi connectivity index (χ0n) is 10.6. The minimum absolute atomic E-state index is 0.0178. The first-order chi connectivity index (χ1) is 7.93. The Bertz CT molecular complexity index is 391. The minimum atomic E-state index is -0.164. The topological polar surface area (TPSA) is 66.6 Å². The summed E-state index contributed by atoms with van der Waals surface area (Å²) in [4.78, 5) is 13.5. The van der Waals surface area contributed by atoms with E-state index in [1.54, 1.807) is 31.0 Å². The first-order valence-electron chi connectivity index (χ1n) is 5.72. The van der Waals surface area contributed by atoms with Crippen LogP contribution >= 0.6 is 0 Å². The molecule has 4 heteroatoms. The molecule has 1 aromatic rings. The molecule has 1 rings (SSSR count). The molecule has 0 aliphatic carbocycles. The molecule has 2 atom stereocenters. The molecule has 0 aromatic heterocycles. The Hall–Kier alpha value is -1.55. The van der Waals surface area contributed by atoms with Crippen molar-refractivity contribution in [1.29, 1.82) is 0 Å². The Morgan fingerprint density at radius 2 is 2.00 bits per heavy atom. The average molecular weight is 236 g/mol. The number of aromatic hydroxyl groups is 1. The Balaban J connectivity index is 2.80. The summed E-state index contributed by atoms with van der Waals surface area (Å²) in [6, 6.07) is 6.72. The van der Waals surface area contributed by atoms with E-state index in [1.807, 2.05) is 19.1 Å². The smallest absolute Gasteiger partial charge is 0.224 e. The van der Waals surface area contributed by atoms with Crippen molar-refractivity contribution < 1.29 is 9.90 Å². The third kappa shape index (κ3) is 3.46. The lowest BCUT2D eigenvalue weighted by molar-refractivity contribution is -0.132. The predicted octanol–water partition coefficient (Wildman–Crippen LogP) is 1.65. The van der Waals surface area contributed by atoms with Gasteiger partial charge in [-0.15, -0.1) is 0 Å². The van der Waals surface area contributed by atoms with Gasteiger partial charge in [-0.2, -0.15) is 0 Å². The molecular weight excluding hydrogens is 216 g/mol. The molecule has 17 heavy (non-hydrogen) atoms. The molecule has 0 saturated carbocycles. The maximum atomic E-state index is 11.8. The molecule has 1 aromatic carbocycles. The van der Waals surface area contributed by atoms with E-state index in [0.29, 0.717) is 6.42 Å². The van der Waals surface area contributed by atoms with E-state index in [4.69, 9.17) is 5.73 Å². The van der Waals surface area contributed by atoms with Gasteiger partial charge in [0.1, 0.15) is 5.75 Å². The number of carbonyl (C=O) groups excluding carboxylic acids is 1. The van der Waals surface area contributed by atoms with Gasteiger partial charge in [0, 0.05) is 25.1 Å². The molecule has 0 spiro atoms. The first kappa shape index (κ1) is 13.5. The van der Waals surface area contributed by atoms with Crippen LogP contribution in [0.1, 0.15) is 31.9 Å². The summed E-state index contributed by atoms with van der Waals surface area (Å²) in [5, 5.41) is 9.73. The number of benzene rings is 1. The summed E-state index contributed by atoms with van der Waals surface area (Å²) in [6.07, 6.45) is 0.314. The second kappa shape index (κ2) is 5.68. The molecule has 4 nitrogen and oxygen atoms in total. The van der Waals surface area contributed by atoms with Crippen LogP contribution in [0, 0.1) is 0 Å². The second-order valence-corrected chi connectivity index (χ2v) is 4.42. The van der Waals surface area contributed by atoms with Crippen molar-refractivity contribution in [3.05, 3.63) is 29.8 Å². The molecule has 0 aliphatic rings. The molecule has 0 aliphatic heterocycles. The van der Waals surface area contributed by atoms with Crippen molar-refractivity contribution in [1.82, 2.24) is 4.90 Å². The molecule has 0 saturated heterocycles. The number of phenolic OH excluding ortho intramolecular Hbond substituents is 1. The predicted molar refractivity (Wildman–Crippen MR) is 67.6 cm³/mol. The summed E-state index contributed by atoms with van der Waals surface area (Å²) in [5.74, 6) is 0.191. The third-order valence-electron chi connectivity index (χ3n) is 2.86. The van der Waals surface area contributed by atoms with E-state index in [9.17, 15) is 9.90 Å². The lowest BCUT2D eigenvalue weighted by Gasteiger charge is -2.26. The van der Waals surface area contributed by atoms with Crippen LogP contribution in [-0.4, -0.2) is 29.0 Å². The van der Waals surface area contributed by atoms with Gasteiger partial charge < -0.3 is 15.7 Å². The maximum absolute atomic E-state index is 11.8. The van der Waals surface area contributed by atoms with Crippen molar-refractivity contribution in [2.24, 2.45) is 5.73 Å². The zero-order valence-corrected chi connectivity index (χ0v) is 10.6. The van der Waals surface area contributed by atoms with Gasteiger partial charge >= 0.3 is 0 Å². The van der Waals surface area contributed by atoms with E-state index < -0.39 is 0 Å². The van der Waals surface area contributed by atoms with E-state index in [2.05, 4.69) is 0 Å². The Kier molecular flexibility index (Phi) is 4.52. The van der Waals surface area contributed by atoms with Crippen molar-refractivity contribution in [3.63, 3.8) is 0 Å². The van der Waals surface area contributed by atoms with Gasteiger partial charge in [0.15, 0.2) is 0 Å². The largest absolute Gasteiger partial charge is 0.508 e. The summed E-state index contributed by atoms with van der Waals surface area (Å²) in [5.41, 5.74) is 6.35. The number of nitrogens with zero attached hydrogens (tertiary/aromatic N) is 1. The molecular formula is C13H20N2O2. The average Bonchev–Trinajstić information content (AvgIpc) is 2.27. The number of hydrogen-bond donors (Lipinski definition) is 2. The first-order valence-corrected chi connectivity index (χ1v) is 5.72. The Labute approximate surface area is 102 Å². The maximum Gasteiger partial charge on any atom is 0.224 e. The molecule has 1 amide bonds. The van der Waals surface area contributed by atoms with Crippen molar-refractivity contribution in [3.8, 4) is 5.75 Å². The molecule has 94 valence electrons. The number of phenols is 1. The fourth-order valence-electron chi connectivity index (χ4n) is 1.68. The van der Waals surface area contributed by atoms with E-state index >= 15 is 0 Å². The Morgan fingerprint density at radius 3 is 2.53 bits per heavy atom. The van der Waals surface area contributed by atoms with Gasteiger partial charge in [-0.1, -0.05) is 18.2 Å². The van der Waals surface area contributed by atoms with Gasteiger partial charge in [0.25, 0.3) is 0 Å². The van der Waals surface area contributed by atoms with Gasteiger partial charge in [-0.25, -0.2) is 0 Å². The second-order valence-electron chi connectivity index (χ2n) is 4.42. The summed E-state index contributed by atoms with van der Waals surface area (Å²) in [6.45, 7) is 3.69. The van der Waals surface area contributed by atoms with Crippen LogP contribution in [0.15, 0.2) is 24.3 Å². The molecule has 0 radical (unpaired) electrons. The number of nitrogens with two attached hydrogens (primary N) is 1. The summed E-state index contributed by atoms with van der Waals surface area (Å²) in [7, 11) is 1.72. The molecule has 3 N–H and O–H groups in total. The fourth-order valence-corrected chi connectivity index (χ4v) is 1.68. The molecule has 0 heterocycles. The van der Waals surface area contributed by atoms with Crippen LogP contribution < -0.4 is 5.73 Å². The van der Waals surface area contributed by atoms with E-state index in [0.717, 1.165) is 5.56 Å². The van der Waals surface area contributed by atoms with Crippen LogP contribution in [0.4, 0.5) is 0 Å². The van der Waals surface area contributed by atoms with E-state index in [-0.39, 0.29) is 23.7 Å². The van der Waals surface area contributed by atoms with Crippen LogP contribution in [0.3, 0.4) is 0 Å². The Morgan fingerprint density at radius 1 is 1.41 bits per heavy atom. The molecule has 0 fully saturated rings. The highest BCUT2D eigenvalue weighted by Gasteiger charge is 2.20. The number of hydrogen-bond acceptors (Lipinski definition) is 3. The quantitative estimate of drug-likeness (QED) is 0.835. The van der Waals surface area contributed by atoms with Gasteiger partial charge in [-0.3, -0.25) is 4.79 Å². The summed E-state index contributed by atoms with van der Waals surface area (Å²) >= 11 is 0. The molecule has 0 bridgehead atoms. The van der Waals surface area contributed by atoms with Crippen LogP contribution in [0.2, 0.25) is 0 Å². The summed E-state index contributed by atoms with van der Waals surface area (Å²) < 4.78 is 0. The highest BCUT2D eigenvalue weighted by Crippen LogP contribution is 2.27. The van der Waals surface area contributed by atoms with Gasteiger partial charge in [0.05, 0.1) is 6.04 Å². The highest BCUT2D eigenvalue weighted by molar-refractivity contribution is 5.77. The normalized spacial score (nSPS) is 14.1. The number of para-hydroxylation sites is 1. The highest BCUT2D eigenvalue weighted by atomic mass is 16.3. The van der Waals surface area contributed by atoms with Crippen LogP contribution in [0.25, 0.3) is 0 Å². The van der Waals surface area contributed by atoms with Crippen molar-refractivity contribution in [2.45, 2.75) is 32.4 Å². The number of rotatable bonds is 4. The standard InChI is InChI=1S/C13H20N2O2/c1-9(14)8-13(17)15(3)10(2)11-6-4-5-7-12(11)16/h4-7,9-10,16H,8,14H2,1-3H3. The fraction of sp³-hybridized carbons (Fsp3) is 0.462. The molecule has 2 unspecified atom stereocenters. The third-order valence-corrected chi connectivity index (χ3v) is 2.86. The van der Waals surface area contributed by atoms with Crippen LogP contribution in [-0.2, 0) is 4.79 Å². The number of carbonyl (C=O) groups is 1. The van der Waals surface area contributed by atoms with Gasteiger partial charge in [0.2, 0.25) is 5.91 Å². The minimum Gasteiger partial charge on any atom is -0.508 e. The van der Waals surface area contributed by atoms with Crippen LogP contribution in [0.5, 0.6) is 5.75 Å². The lowest BCUT2D eigenvalue weighted by atomic mass is 10.1. The SMILES string of the molecule is CC(N)CC(=O)N(C)C(C)c1ccccc1O. The lowest BCUT2D eigenvalue weighted by Crippen LogP contribution is -2.33. The monoisotopic (exact) mass is 236 g/mol. The number of amides is 1. The van der Waals surface area contributed by atoms with Crippen molar-refractivity contribution >= 4 is 5.91 Å². The van der Waals surface area contributed by atoms with Gasteiger partial charge in [-0.05, 0) is 19.9 Å². The van der Waals surface area contributed by atoms with E-state index in [1.165, 1.54) is 0 Å².